The number of aryl methyl sites for hydroxylation is 1. The van der Waals surface area contributed by atoms with Gasteiger partial charge in [0, 0.05) is 17.3 Å². The van der Waals surface area contributed by atoms with E-state index in [2.05, 4.69) is 16.4 Å². The van der Waals surface area contributed by atoms with E-state index in [0.29, 0.717) is 39.0 Å². The van der Waals surface area contributed by atoms with Gasteiger partial charge in [-0.25, -0.2) is 8.42 Å². The molecule has 0 spiro atoms. The molecule has 1 unspecified atom stereocenters. The lowest BCUT2D eigenvalue weighted by Gasteiger charge is -2.14. The van der Waals surface area contributed by atoms with Gasteiger partial charge < -0.3 is 10.4 Å². The number of fused-ring (bicyclic) bond motifs is 3. The second-order valence-corrected chi connectivity index (χ2v) is 8.66. The molecule has 0 aliphatic carbocycles. The average molecular weight is 379 g/mol. The van der Waals surface area contributed by atoms with Crippen molar-refractivity contribution in [3.8, 4) is 6.07 Å². The molecule has 2 N–H and O–H groups in total. The summed E-state index contributed by atoms with van der Waals surface area (Å²) in [6.45, 7) is 1.69. The van der Waals surface area contributed by atoms with Crippen molar-refractivity contribution in [1.29, 1.82) is 5.26 Å². The largest absolute Gasteiger partial charge is 0.389 e. The summed E-state index contributed by atoms with van der Waals surface area (Å²) in [4.78, 5) is 4.65. The maximum Gasteiger partial charge on any atom is 0.179 e. The van der Waals surface area contributed by atoms with Crippen LogP contribution in [-0.2, 0) is 16.3 Å². The second kappa shape index (κ2) is 6.34. The highest BCUT2D eigenvalue weighted by Crippen LogP contribution is 2.38. The Morgan fingerprint density at radius 1 is 1.22 bits per heavy atom. The first kappa shape index (κ1) is 17.5. The van der Waals surface area contributed by atoms with Crippen LogP contribution in [0.3, 0.4) is 0 Å². The number of aromatic nitrogens is 1. The van der Waals surface area contributed by atoms with E-state index in [1.165, 1.54) is 6.20 Å². The number of aliphatic hydroxyl groups is 1. The van der Waals surface area contributed by atoms with E-state index in [-0.39, 0.29) is 5.75 Å². The number of nitriles is 1. The lowest BCUT2D eigenvalue weighted by Crippen LogP contribution is -2.01. The molecule has 0 saturated heterocycles. The topological polar surface area (TPSA) is 103 Å². The number of hydrogen-bond acceptors (Lipinski definition) is 6. The Bertz CT molecular complexity index is 1190. The van der Waals surface area contributed by atoms with Gasteiger partial charge in [0.05, 0.1) is 33.5 Å². The quantitative estimate of drug-likeness (QED) is 0.724. The molecule has 136 valence electrons. The van der Waals surface area contributed by atoms with Crippen molar-refractivity contribution in [3.63, 3.8) is 0 Å². The fourth-order valence-corrected chi connectivity index (χ4v) is 4.97. The molecule has 4 rings (SSSR count). The summed E-state index contributed by atoms with van der Waals surface area (Å²) in [5, 5.41) is 23.1. The van der Waals surface area contributed by atoms with Gasteiger partial charge in [-0.15, -0.1) is 0 Å². The highest BCUT2D eigenvalue weighted by molar-refractivity contribution is 7.91. The number of anilines is 2. The van der Waals surface area contributed by atoms with Gasteiger partial charge in [-0.1, -0.05) is 12.1 Å². The Morgan fingerprint density at radius 3 is 2.63 bits per heavy atom. The first-order chi connectivity index (χ1) is 12.9. The second-order valence-electron chi connectivity index (χ2n) is 6.59. The Hall–Kier alpha value is -2.95. The number of aliphatic hydroxyl groups excluding tert-OH is 1. The van der Waals surface area contributed by atoms with E-state index >= 15 is 0 Å². The highest BCUT2D eigenvalue weighted by atomic mass is 32.2. The zero-order valence-corrected chi connectivity index (χ0v) is 15.4. The van der Waals surface area contributed by atoms with Crippen molar-refractivity contribution in [2.24, 2.45) is 0 Å². The highest BCUT2D eigenvalue weighted by Gasteiger charge is 2.29. The van der Waals surface area contributed by atoms with Crippen LogP contribution in [0.2, 0.25) is 0 Å². The fourth-order valence-electron chi connectivity index (χ4n) is 3.43. The number of nitrogens with one attached hydrogen (secondary N) is 1. The number of hydrogen-bond donors (Lipinski definition) is 2. The van der Waals surface area contributed by atoms with Crippen LogP contribution >= 0.6 is 0 Å². The van der Waals surface area contributed by atoms with Crippen LogP contribution in [0.15, 0.2) is 47.5 Å². The van der Waals surface area contributed by atoms with Gasteiger partial charge in [0.2, 0.25) is 0 Å². The molecule has 0 radical (unpaired) electrons. The van der Waals surface area contributed by atoms with Crippen LogP contribution in [0.25, 0.3) is 10.9 Å². The van der Waals surface area contributed by atoms with E-state index in [1.807, 2.05) is 12.1 Å². The Morgan fingerprint density at radius 2 is 1.96 bits per heavy atom. The maximum atomic E-state index is 12.3. The molecule has 2 aromatic carbocycles. The minimum absolute atomic E-state index is 0.0702. The molecule has 2 heterocycles. The first-order valence-corrected chi connectivity index (χ1v) is 10.2. The van der Waals surface area contributed by atoms with Gasteiger partial charge in [-0.05, 0) is 48.7 Å². The minimum Gasteiger partial charge on any atom is -0.389 e. The van der Waals surface area contributed by atoms with E-state index in [4.69, 9.17) is 0 Å². The van der Waals surface area contributed by atoms with E-state index < -0.39 is 15.9 Å². The van der Waals surface area contributed by atoms with Crippen LogP contribution in [0, 0.1) is 11.3 Å². The van der Waals surface area contributed by atoms with Crippen LogP contribution in [0.1, 0.15) is 29.7 Å². The summed E-state index contributed by atoms with van der Waals surface area (Å²) < 4.78 is 24.6. The number of nitrogens with zero attached hydrogens (tertiary/aromatic N) is 2. The molecule has 1 aromatic heterocycles. The van der Waals surface area contributed by atoms with Gasteiger partial charge in [0.1, 0.15) is 6.07 Å². The molecule has 0 saturated carbocycles. The number of sulfone groups is 1. The Kier molecular flexibility index (Phi) is 4.10. The van der Waals surface area contributed by atoms with Crippen molar-refractivity contribution < 1.29 is 13.5 Å². The van der Waals surface area contributed by atoms with E-state index in [1.54, 1.807) is 31.2 Å². The molecule has 6 nitrogen and oxygen atoms in total. The van der Waals surface area contributed by atoms with Crippen LogP contribution < -0.4 is 5.32 Å². The summed E-state index contributed by atoms with van der Waals surface area (Å²) in [6.07, 6.45) is 1.33. The zero-order chi connectivity index (χ0) is 19.2. The van der Waals surface area contributed by atoms with Crippen LogP contribution in [0.4, 0.5) is 11.4 Å². The predicted octanol–water partition coefficient (Wildman–Crippen LogP) is 3.23. The predicted molar refractivity (Wildman–Crippen MR) is 103 cm³/mol. The van der Waals surface area contributed by atoms with Crippen molar-refractivity contribution in [2.75, 3.05) is 11.1 Å². The van der Waals surface area contributed by atoms with Crippen LogP contribution in [-0.4, -0.2) is 24.3 Å². The summed E-state index contributed by atoms with van der Waals surface area (Å²) in [5.74, 6) is 0.0702. The van der Waals surface area contributed by atoms with Gasteiger partial charge in [-0.3, -0.25) is 4.98 Å². The molecule has 1 aliphatic heterocycles. The maximum absolute atomic E-state index is 12.3. The molecule has 3 aromatic rings. The Balaban J connectivity index is 1.91. The summed E-state index contributed by atoms with van der Waals surface area (Å²) in [7, 11) is -3.29. The smallest absolute Gasteiger partial charge is 0.179 e. The van der Waals surface area contributed by atoms with Crippen molar-refractivity contribution in [1.82, 2.24) is 4.98 Å². The summed E-state index contributed by atoms with van der Waals surface area (Å²) in [6, 6.07) is 12.6. The third-order valence-electron chi connectivity index (χ3n) is 4.84. The molecule has 0 fully saturated rings. The van der Waals surface area contributed by atoms with Crippen LogP contribution in [0.5, 0.6) is 0 Å². The third-order valence-corrected chi connectivity index (χ3v) is 6.63. The van der Waals surface area contributed by atoms with Gasteiger partial charge >= 0.3 is 0 Å². The van der Waals surface area contributed by atoms with Gasteiger partial charge in [-0.2, -0.15) is 5.26 Å². The van der Waals surface area contributed by atoms with E-state index in [0.717, 1.165) is 11.3 Å². The molecular weight excluding hydrogens is 362 g/mol. The minimum atomic E-state index is -3.29. The van der Waals surface area contributed by atoms with Crippen molar-refractivity contribution in [2.45, 2.75) is 24.3 Å². The van der Waals surface area contributed by atoms with Gasteiger partial charge in [0.15, 0.2) is 9.84 Å². The Labute approximate surface area is 157 Å². The molecule has 0 amide bonds. The number of pyridine rings is 1. The lowest BCUT2D eigenvalue weighted by molar-refractivity contribution is 0.199. The van der Waals surface area contributed by atoms with Gasteiger partial charge in [0.25, 0.3) is 0 Å². The lowest BCUT2D eigenvalue weighted by atomic mass is 10.0. The molecule has 7 heteroatoms. The third kappa shape index (κ3) is 2.93. The molecular formula is C20H17N3O3S. The molecule has 27 heavy (non-hydrogen) atoms. The number of rotatable bonds is 3. The standard InChI is InChI=1S/C20H17N3O3S/c1-12(24)13-2-4-15(5-3-13)23-20-14(10-21)11-22-17-6-7-18-16(19(17)20)8-9-27(18,25)26/h2-7,11-12,24H,8-9H2,1H3,(H,22,23). The molecule has 1 atom stereocenters. The SMILES string of the molecule is CC(O)c1ccc(Nc2c(C#N)cnc3ccc4c(c23)CCS4(=O)=O)cc1. The van der Waals surface area contributed by atoms with Crippen molar-refractivity contribution in [3.05, 3.63) is 59.3 Å². The summed E-state index contributed by atoms with van der Waals surface area (Å²) in [5.41, 5.74) is 3.78. The zero-order valence-electron chi connectivity index (χ0n) is 14.6. The monoisotopic (exact) mass is 379 g/mol. The average Bonchev–Trinajstić information content (AvgIpc) is 2.97. The first-order valence-electron chi connectivity index (χ1n) is 8.53. The molecule has 0 bridgehead atoms. The van der Waals surface area contributed by atoms with Crippen molar-refractivity contribution >= 4 is 32.1 Å². The van der Waals surface area contributed by atoms with E-state index in [9.17, 15) is 18.8 Å². The number of benzene rings is 2. The summed E-state index contributed by atoms with van der Waals surface area (Å²) >= 11 is 0. The normalized spacial score (nSPS) is 15.9. The molecule has 1 aliphatic rings. The fraction of sp³-hybridized carbons (Fsp3) is 0.200.